The lowest BCUT2D eigenvalue weighted by Gasteiger charge is -2.21. The van der Waals surface area contributed by atoms with E-state index in [1.54, 1.807) is 23.1 Å². The highest BCUT2D eigenvalue weighted by Gasteiger charge is 2.25. The Balaban J connectivity index is 1.63. The Labute approximate surface area is 171 Å². The van der Waals surface area contributed by atoms with Crippen molar-refractivity contribution in [1.29, 1.82) is 0 Å². The Bertz CT molecular complexity index is 1030. The normalized spacial score (nSPS) is 16.9. The van der Waals surface area contributed by atoms with Crippen molar-refractivity contribution in [1.82, 2.24) is 4.98 Å². The molecule has 1 saturated heterocycles. The van der Waals surface area contributed by atoms with E-state index < -0.39 is 0 Å². The number of anilines is 1. The van der Waals surface area contributed by atoms with Crippen molar-refractivity contribution in [3.05, 3.63) is 64.9 Å². The number of ether oxygens (including phenoxy) is 1. The number of benzene rings is 2. The quantitative estimate of drug-likeness (QED) is 0.529. The fraction of sp³-hybridized carbons (Fsp3) is 0.238. The Morgan fingerprint density at radius 3 is 3.00 bits per heavy atom. The summed E-state index contributed by atoms with van der Waals surface area (Å²) in [5.74, 6) is -0.534. The van der Waals surface area contributed by atoms with Gasteiger partial charge in [-0.2, -0.15) is 0 Å². The number of rotatable bonds is 5. The standard InChI is InChI=1S/C21H18ClFN2O2S/c22-17-6-2-1-4-14(17)7-10-20(26)25(13-16-5-3-11-27-16)21-24-18-9-8-15(23)12-19(18)28-21/h1-2,4,6-10,12,16H,3,5,11,13H2/b10-7+. The lowest BCUT2D eigenvalue weighted by atomic mass is 10.2. The Kier molecular flexibility index (Phi) is 5.71. The molecule has 0 aliphatic carbocycles. The van der Waals surface area contributed by atoms with E-state index in [-0.39, 0.29) is 17.8 Å². The predicted molar refractivity (Wildman–Crippen MR) is 111 cm³/mol. The third-order valence-electron chi connectivity index (χ3n) is 4.56. The molecule has 0 radical (unpaired) electrons. The van der Waals surface area contributed by atoms with E-state index in [0.717, 1.165) is 18.4 Å². The molecular formula is C21H18ClFN2O2S. The van der Waals surface area contributed by atoms with Gasteiger partial charge in [0.2, 0.25) is 0 Å². The minimum atomic E-state index is -0.321. The molecule has 0 spiro atoms. The highest BCUT2D eigenvalue weighted by Crippen LogP contribution is 2.31. The van der Waals surface area contributed by atoms with Crippen molar-refractivity contribution >= 4 is 50.3 Å². The molecule has 3 aromatic rings. The Morgan fingerprint density at radius 1 is 1.36 bits per heavy atom. The fourth-order valence-corrected chi connectivity index (χ4v) is 4.32. The molecule has 2 heterocycles. The Hall–Kier alpha value is -2.28. The smallest absolute Gasteiger partial charge is 0.252 e. The summed E-state index contributed by atoms with van der Waals surface area (Å²) in [4.78, 5) is 19.1. The largest absolute Gasteiger partial charge is 0.376 e. The highest BCUT2D eigenvalue weighted by atomic mass is 35.5. The van der Waals surface area contributed by atoms with E-state index in [1.165, 1.54) is 29.5 Å². The van der Waals surface area contributed by atoms with E-state index >= 15 is 0 Å². The third-order valence-corrected chi connectivity index (χ3v) is 5.94. The topological polar surface area (TPSA) is 42.4 Å². The van der Waals surface area contributed by atoms with Crippen LogP contribution in [0.5, 0.6) is 0 Å². The first kappa shape index (κ1) is 19.1. The van der Waals surface area contributed by atoms with Crippen LogP contribution in [0.15, 0.2) is 48.5 Å². The molecule has 4 rings (SSSR count). The van der Waals surface area contributed by atoms with Crippen LogP contribution in [-0.4, -0.2) is 30.1 Å². The summed E-state index contributed by atoms with van der Waals surface area (Å²) >= 11 is 7.46. The molecule has 1 fully saturated rings. The van der Waals surface area contributed by atoms with Crippen LogP contribution in [0.4, 0.5) is 9.52 Å². The molecule has 144 valence electrons. The molecule has 7 heteroatoms. The van der Waals surface area contributed by atoms with Crippen LogP contribution in [0.2, 0.25) is 5.02 Å². The minimum absolute atomic E-state index is 0.0265. The number of halogens is 2. The zero-order valence-electron chi connectivity index (χ0n) is 15.0. The SMILES string of the molecule is O=C(/C=C/c1ccccc1Cl)N(CC1CCCO1)c1nc2ccc(F)cc2s1. The molecular weight excluding hydrogens is 399 g/mol. The summed E-state index contributed by atoms with van der Waals surface area (Å²) in [6.07, 6.45) is 5.04. The minimum Gasteiger partial charge on any atom is -0.376 e. The van der Waals surface area contributed by atoms with Gasteiger partial charge in [0, 0.05) is 17.7 Å². The number of thiazole rings is 1. The van der Waals surface area contributed by atoms with Gasteiger partial charge in [0.15, 0.2) is 5.13 Å². The second-order valence-corrected chi connectivity index (χ2v) is 7.96. The van der Waals surface area contributed by atoms with Crippen LogP contribution in [0, 0.1) is 5.82 Å². The van der Waals surface area contributed by atoms with Gasteiger partial charge >= 0.3 is 0 Å². The first-order chi connectivity index (χ1) is 13.6. The third kappa shape index (κ3) is 4.24. The molecule has 2 aromatic carbocycles. The molecule has 1 unspecified atom stereocenters. The van der Waals surface area contributed by atoms with E-state index in [0.29, 0.717) is 33.5 Å². The van der Waals surface area contributed by atoms with Crippen LogP contribution in [0.1, 0.15) is 18.4 Å². The summed E-state index contributed by atoms with van der Waals surface area (Å²) in [5.41, 5.74) is 1.43. The van der Waals surface area contributed by atoms with Gasteiger partial charge in [0.05, 0.1) is 22.9 Å². The van der Waals surface area contributed by atoms with Crippen molar-refractivity contribution < 1.29 is 13.9 Å². The van der Waals surface area contributed by atoms with Crippen LogP contribution in [0.25, 0.3) is 16.3 Å². The van der Waals surface area contributed by atoms with Gasteiger partial charge in [-0.15, -0.1) is 0 Å². The van der Waals surface area contributed by atoms with E-state index in [2.05, 4.69) is 4.98 Å². The first-order valence-corrected chi connectivity index (χ1v) is 10.2. The second kappa shape index (κ2) is 8.39. The molecule has 1 aromatic heterocycles. The van der Waals surface area contributed by atoms with Crippen LogP contribution < -0.4 is 4.90 Å². The number of carbonyl (C=O) groups is 1. The zero-order chi connectivity index (χ0) is 19.5. The maximum atomic E-state index is 13.5. The first-order valence-electron chi connectivity index (χ1n) is 9.02. The van der Waals surface area contributed by atoms with Crippen molar-refractivity contribution in [3.63, 3.8) is 0 Å². The molecule has 1 aliphatic rings. The van der Waals surface area contributed by atoms with E-state index in [4.69, 9.17) is 16.3 Å². The molecule has 0 saturated carbocycles. The van der Waals surface area contributed by atoms with E-state index in [9.17, 15) is 9.18 Å². The van der Waals surface area contributed by atoms with Gasteiger partial charge in [0.25, 0.3) is 5.91 Å². The average molecular weight is 417 g/mol. The zero-order valence-corrected chi connectivity index (χ0v) is 16.5. The summed E-state index contributed by atoms with van der Waals surface area (Å²) < 4.78 is 19.9. The number of amides is 1. The predicted octanol–water partition coefficient (Wildman–Crippen LogP) is 5.31. The van der Waals surface area contributed by atoms with Gasteiger partial charge < -0.3 is 4.74 Å². The monoisotopic (exact) mass is 416 g/mol. The maximum Gasteiger partial charge on any atom is 0.252 e. The van der Waals surface area contributed by atoms with Crippen LogP contribution in [0.3, 0.4) is 0 Å². The fourth-order valence-electron chi connectivity index (χ4n) is 3.12. The Morgan fingerprint density at radius 2 is 2.21 bits per heavy atom. The molecule has 4 nitrogen and oxygen atoms in total. The number of nitrogens with zero attached hydrogens (tertiary/aromatic N) is 2. The van der Waals surface area contributed by atoms with Crippen molar-refractivity contribution in [3.8, 4) is 0 Å². The van der Waals surface area contributed by atoms with Gasteiger partial charge in [-0.25, -0.2) is 9.37 Å². The summed E-state index contributed by atoms with van der Waals surface area (Å²) in [6.45, 7) is 1.11. The number of carbonyl (C=O) groups excluding carboxylic acids is 1. The van der Waals surface area contributed by atoms with Crippen molar-refractivity contribution in [2.75, 3.05) is 18.1 Å². The molecule has 0 bridgehead atoms. The summed E-state index contributed by atoms with van der Waals surface area (Å²) in [6, 6.07) is 11.8. The molecule has 0 N–H and O–H groups in total. The average Bonchev–Trinajstić information content (AvgIpc) is 3.34. The van der Waals surface area contributed by atoms with Gasteiger partial charge in [-0.05, 0) is 48.7 Å². The number of aromatic nitrogens is 1. The van der Waals surface area contributed by atoms with Gasteiger partial charge in [-0.3, -0.25) is 9.69 Å². The lowest BCUT2D eigenvalue weighted by Crippen LogP contribution is -2.36. The highest BCUT2D eigenvalue weighted by molar-refractivity contribution is 7.22. The number of hydrogen-bond donors (Lipinski definition) is 0. The second-order valence-electron chi connectivity index (χ2n) is 6.55. The number of hydrogen-bond acceptors (Lipinski definition) is 4. The summed E-state index contributed by atoms with van der Waals surface area (Å²) in [5, 5.41) is 1.11. The summed E-state index contributed by atoms with van der Waals surface area (Å²) in [7, 11) is 0. The molecule has 1 amide bonds. The van der Waals surface area contributed by atoms with Gasteiger partial charge in [0.1, 0.15) is 5.82 Å². The van der Waals surface area contributed by atoms with Crippen molar-refractivity contribution in [2.24, 2.45) is 0 Å². The van der Waals surface area contributed by atoms with E-state index in [1.807, 2.05) is 18.2 Å². The van der Waals surface area contributed by atoms with Crippen molar-refractivity contribution in [2.45, 2.75) is 18.9 Å². The molecule has 1 aliphatic heterocycles. The van der Waals surface area contributed by atoms with Crippen LogP contribution in [-0.2, 0) is 9.53 Å². The molecule has 1 atom stereocenters. The van der Waals surface area contributed by atoms with Gasteiger partial charge in [-0.1, -0.05) is 41.1 Å². The lowest BCUT2D eigenvalue weighted by molar-refractivity contribution is -0.114. The maximum absolute atomic E-state index is 13.5. The van der Waals surface area contributed by atoms with Crippen LogP contribution >= 0.6 is 22.9 Å². The number of fused-ring (bicyclic) bond motifs is 1. The molecule has 28 heavy (non-hydrogen) atoms.